The molecule has 9 nitrogen and oxygen atoms in total. The first-order valence-corrected chi connectivity index (χ1v) is 12.6. The molecule has 0 aliphatic heterocycles. The van der Waals surface area contributed by atoms with Crippen LogP contribution in [-0.2, 0) is 6.54 Å². The average molecular weight is 501 g/mol. The molecule has 3 heterocycles. The summed E-state index contributed by atoms with van der Waals surface area (Å²) < 4.78 is 1.95. The van der Waals surface area contributed by atoms with E-state index in [-0.39, 0.29) is 5.91 Å². The number of nitrogens with zero attached hydrogens (tertiary/aromatic N) is 5. The largest absolute Gasteiger partial charge is 0.361 e. The van der Waals surface area contributed by atoms with Crippen LogP contribution in [0.1, 0.15) is 29.0 Å². The summed E-state index contributed by atoms with van der Waals surface area (Å²) in [5.41, 5.74) is 5.63. The molecule has 38 heavy (non-hydrogen) atoms. The summed E-state index contributed by atoms with van der Waals surface area (Å²) in [6.07, 6.45) is 3.86. The van der Waals surface area contributed by atoms with E-state index in [0.717, 1.165) is 41.0 Å². The summed E-state index contributed by atoms with van der Waals surface area (Å²) in [5.74, 6) is 1.89. The van der Waals surface area contributed by atoms with Crippen LogP contribution in [0.5, 0.6) is 0 Å². The zero-order valence-corrected chi connectivity index (χ0v) is 20.4. The van der Waals surface area contributed by atoms with E-state index in [1.165, 1.54) is 0 Å². The second-order valence-corrected chi connectivity index (χ2v) is 9.40. The lowest BCUT2D eigenvalue weighted by Crippen LogP contribution is -2.25. The Morgan fingerprint density at radius 1 is 0.921 bits per heavy atom. The van der Waals surface area contributed by atoms with Gasteiger partial charge in [-0.15, -0.1) is 0 Å². The van der Waals surface area contributed by atoms with Crippen LogP contribution in [0.25, 0.3) is 39.3 Å². The number of hydrogen-bond acceptors (Lipinski definition) is 6. The molecule has 0 atom stereocenters. The fourth-order valence-electron chi connectivity index (χ4n) is 4.45. The van der Waals surface area contributed by atoms with Gasteiger partial charge in [0.25, 0.3) is 5.91 Å². The highest BCUT2D eigenvalue weighted by Gasteiger charge is 2.24. The first kappa shape index (κ1) is 22.2. The number of imidazole rings is 2. The molecule has 9 heteroatoms. The smallest absolute Gasteiger partial charge is 0.251 e. The van der Waals surface area contributed by atoms with Crippen LogP contribution < -0.4 is 10.6 Å². The van der Waals surface area contributed by atoms with Gasteiger partial charge in [0.2, 0.25) is 0 Å². The van der Waals surface area contributed by atoms with Crippen LogP contribution >= 0.6 is 0 Å². The molecule has 0 saturated heterocycles. The zero-order chi connectivity index (χ0) is 25.5. The van der Waals surface area contributed by atoms with Gasteiger partial charge in [-0.2, -0.15) is 0 Å². The summed E-state index contributed by atoms with van der Waals surface area (Å²) in [7, 11) is 0. The topological polar surface area (TPSA) is 113 Å². The fraction of sp³-hybridized carbons (Fsp3) is 0.138. The van der Waals surface area contributed by atoms with E-state index in [1.54, 1.807) is 6.33 Å². The van der Waals surface area contributed by atoms with Crippen molar-refractivity contribution in [1.82, 2.24) is 34.8 Å². The third-order valence-electron chi connectivity index (χ3n) is 6.61. The van der Waals surface area contributed by atoms with Crippen LogP contribution in [0, 0.1) is 0 Å². The van der Waals surface area contributed by atoms with Gasteiger partial charge in [-0.3, -0.25) is 9.36 Å². The van der Waals surface area contributed by atoms with E-state index in [1.807, 2.05) is 83.4 Å². The lowest BCUT2D eigenvalue weighted by Gasteiger charge is -2.10. The Labute approximate surface area is 218 Å². The zero-order valence-electron chi connectivity index (χ0n) is 20.4. The average Bonchev–Trinajstić information content (AvgIpc) is 3.51. The Kier molecular flexibility index (Phi) is 5.32. The van der Waals surface area contributed by atoms with E-state index in [4.69, 9.17) is 9.97 Å². The number of rotatable bonds is 7. The molecule has 0 unspecified atom stereocenters. The van der Waals surface area contributed by atoms with Crippen LogP contribution in [0.3, 0.4) is 0 Å². The molecular formula is C29H24N8O. The Morgan fingerprint density at radius 2 is 1.71 bits per heavy atom. The fourth-order valence-corrected chi connectivity index (χ4v) is 4.45. The maximum absolute atomic E-state index is 12.5. The highest BCUT2D eigenvalue weighted by molar-refractivity contribution is 5.95. The van der Waals surface area contributed by atoms with Crippen molar-refractivity contribution in [3.63, 3.8) is 0 Å². The van der Waals surface area contributed by atoms with Gasteiger partial charge in [0, 0.05) is 22.9 Å². The SMILES string of the molecule is O=C(NC1CC1)c1ccc(-c2nc(NCc3nc4ccccc4[nH]3)c3ncn(-c4ccccc4)c3n2)cc1. The van der Waals surface area contributed by atoms with E-state index in [0.29, 0.717) is 41.0 Å². The van der Waals surface area contributed by atoms with Gasteiger partial charge in [0.1, 0.15) is 12.2 Å². The number of para-hydroxylation sites is 3. The lowest BCUT2D eigenvalue weighted by atomic mass is 10.1. The third-order valence-corrected chi connectivity index (χ3v) is 6.61. The van der Waals surface area contributed by atoms with Gasteiger partial charge in [0.05, 0.1) is 17.6 Å². The maximum Gasteiger partial charge on any atom is 0.251 e. The number of aromatic nitrogens is 6. The minimum absolute atomic E-state index is 0.0502. The summed E-state index contributed by atoms with van der Waals surface area (Å²) >= 11 is 0. The summed E-state index contributed by atoms with van der Waals surface area (Å²) in [4.78, 5) is 34.8. The molecular weight excluding hydrogens is 476 g/mol. The number of hydrogen-bond donors (Lipinski definition) is 3. The van der Waals surface area contributed by atoms with Gasteiger partial charge >= 0.3 is 0 Å². The number of amides is 1. The second-order valence-electron chi connectivity index (χ2n) is 9.40. The van der Waals surface area contributed by atoms with Crippen molar-refractivity contribution in [3.05, 3.63) is 96.6 Å². The summed E-state index contributed by atoms with van der Waals surface area (Å²) in [5, 5.41) is 6.44. The van der Waals surface area contributed by atoms with E-state index >= 15 is 0 Å². The van der Waals surface area contributed by atoms with Gasteiger partial charge < -0.3 is 15.6 Å². The first-order chi connectivity index (χ1) is 18.7. The van der Waals surface area contributed by atoms with Gasteiger partial charge in [-0.05, 0) is 49.2 Å². The minimum atomic E-state index is -0.0502. The molecule has 1 amide bonds. The van der Waals surface area contributed by atoms with Crippen LogP contribution in [-0.4, -0.2) is 41.4 Å². The predicted octanol–water partition coefficient (Wildman–Crippen LogP) is 4.86. The van der Waals surface area contributed by atoms with Gasteiger partial charge in [0.15, 0.2) is 22.8 Å². The van der Waals surface area contributed by atoms with Crippen molar-refractivity contribution in [3.8, 4) is 17.1 Å². The molecule has 1 fully saturated rings. The van der Waals surface area contributed by atoms with E-state index in [2.05, 4.69) is 25.6 Å². The Hall–Kier alpha value is -5.05. The maximum atomic E-state index is 12.5. The first-order valence-electron chi connectivity index (χ1n) is 12.6. The molecule has 186 valence electrons. The normalized spacial score (nSPS) is 13.2. The van der Waals surface area contributed by atoms with Crippen molar-refractivity contribution < 1.29 is 4.79 Å². The molecule has 6 aromatic rings. The van der Waals surface area contributed by atoms with Gasteiger partial charge in [-0.1, -0.05) is 42.5 Å². The molecule has 7 rings (SSSR count). The third kappa shape index (κ3) is 4.24. The lowest BCUT2D eigenvalue weighted by molar-refractivity contribution is 0.0951. The van der Waals surface area contributed by atoms with Crippen molar-refractivity contribution >= 4 is 33.9 Å². The number of benzene rings is 3. The summed E-state index contributed by atoms with van der Waals surface area (Å²) in [6, 6.07) is 25.6. The molecule has 1 saturated carbocycles. The molecule has 1 aliphatic rings. The molecule has 0 radical (unpaired) electrons. The Morgan fingerprint density at radius 3 is 2.50 bits per heavy atom. The number of carbonyl (C=O) groups excluding carboxylic acids is 1. The standard InChI is InChI=1S/C29H24N8O/c38-29(32-20-14-15-20)19-12-10-18(11-13-19)26-35-27(30-16-24-33-22-8-4-5-9-23(22)34-24)25-28(36-26)37(17-31-25)21-6-2-1-3-7-21/h1-13,17,20H,14-16H2,(H,32,38)(H,33,34)(H,30,35,36). The molecule has 0 bridgehead atoms. The van der Waals surface area contributed by atoms with Crippen molar-refractivity contribution in [2.24, 2.45) is 0 Å². The molecule has 0 spiro atoms. The molecule has 3 aromatic heterocycles. The highest BCUT2D eigenvalue weighted by Crippen LogP contribution is 2.27. The van der Waals surface area contributed by atoms with E-state index in [9.17, 15) is 4.79 Å². The Bertz CT molecular complexity index is 1730. The number of fused-ring (bicyclic) bond motifs is 2. The van der Waals surface area contributed by atoms with Crippen molar-refractivity contribution in [1.29, 1.82) is 0 Å². The monoisotopic (exact) mass is 500 g/mol. The summed E-state index contributed by atoms with van der Waals surface area (Å²) in [6.45, 7) is 0.443. The number of carbonyl (C=O) groups is 1. The molecule has 3 aromatic carbocycles. The van der Waals surface area contributed by atoms with Crippen molar-refractivity contribution in [2.45, 2.75) is 25.4 Å². The van der Waals surface area contributed by atoms with Crippen LogP contribution in [0.2, 0.25) is 0 Å². The number of nitrogens with one attached hydrogen (secondary N) is 3. The second kappa shape index (κ2) is 9.11. The van der Waals surface area contributed by atoms with Crippen LogP contribution in [0.4, 0.5) is 5.82 Å². The predicted molar refractivity (Wildman–Crippen MR) is 146 cm³/mol. The van der Waals surface area contributed by atoms with Crippen molar-refractivity contribution in [2.75, 3.05) is 5.32 Å². The quantitative estimate of drug-likeness (QED) is 0.288. The van der Waals surface area contributed by atoms with Crippen LogP contribution in [0.15, 0.2) is 85.2 Å². The van der Waals surface area contributed by atoms with Gasteiger partial charge in [-0.25, -0.2) is 19.9 Å². The molecule has 1 aliphatic carbocycles. The highest BCUT2D eigenvalue weighted by atomic mass is 16.1. The minimum Gasteiger partial charge on any atom is -0.361 e. The number of anilines is 1. The van der Waals surface area contributed by atoms with E-state index < -0.39 is 0 Å². The number of aromatic amines is 1. The Balaban J connectivity index is 1.26. The molecule has 3 N–H and O–H groups in total. The number of H-pyrrole nitrogens is 1.